The van der Waals surface area contributed by atoms with E-state index in [1.165, 1.54) is 6.20 Å². The molecule has 0 fully saturated rings. The van der Waals surface area contributed by atoms with Gasteiger partial charge in [-0.1, -0.05) is 26.0 Å². The van der Waals surface area contributed by atoms with Crippen LogP contribution in [0.5, 0.6) is 0 Å². The Labute approximate surface area is 160 Å². The summed E-state index contributed by atoms with van der Waals surface area (Å²) in [6.45, 7) is 1.86. The molecule has 0 atom stereocenters. The lowest BCUT2D eigenvalue weighted by Gasteiger charge is -2.04. The molecule has 5 heteroatoms. The lowest BCUT2D eigenvalue weighted by Crippen LogP contribution is -1.95. The van der Waals surface area contributed by atoms with Crippen LogP contribution in [0.3, 0.4) is 0 Å². The molecule has 0 bridgehead atoms. The van der Waals surface area contributed by atoms with Crippen LogP contribution in [0, 0.1) is 6.85 Å². The smallest absolute Gasteiger partial charge is 0.227 e. The summed E-state index contributed by atoms with van der Waals surface area (Å²) in [5.41, 5.74) is 4.16. The van der Waals surface area contributed by atoms with E-state index >= 15 is 0 Å². The SMILES string of the molecule is [2H]C([2H])([2H])c1nccc2nc(-c3cccc4c3oc3nc(C(C)C)ccc34)n(C)c12. The van der Waals surface area contributed by atoms with Crippen LogP contribution in [0.2, 0.25) is 0 Å². The molecule has 0 radical (unpaired) electrons. The van der Waals surface area contributed by atoms with Gasteiger partial charge < -0.3 is 8.98 Å². The molecule has 0 aliphatic carbocycles. The van der Waals surface area contributed by atoms with E-state index in [0.717, 1.165) is 22.0 Å². The van der Waals surface area contributed by atoms with Crippen LogP contribution in [0.25, 0.3) is 44.5 Å². The van der Waals surface area contributed by atoms with Crippen molar-refractivity contribution in [1.82, 2.24) is 19.5 Å². The molecule has 5 nitrogen and oxygen atoms in total. The topological polar surface area (TPSA) is 56.7 Å². The minimum absolute atomic E-state index is 0.0428. The molecule has 4 heterocycles. The van der Waals surface area contributed by atoms with Gasteiger partial charge in [0.1, 0.15) is 11.4 Å². The second-order valence-electron chi connectivity index (χ2n) is 7.05. The van der Waals surface area contributed by atoms with Gasteiger partial charge in [0.05, 0.1) is 22.3 Å². The zero-order valence-electron chi connectivity index (χ0n) is 18.3. The van der Waals surface area contributed by atoms with Crippen molar-refractivity contribution in [3.05, 3.63) is 54.0 Å². The molecule has 0 unspecified atom stereocenters. The molecule has 0 saturated heterocycles. The fourth-order valence-electron chi connectivity index (χ4n) is 3.59. The standard InChI is InChI=1S/C22H20N4O/c1-12(2)17-9-8-15-14-6-5-7-16(20(14)27-22(15)25-17)21-24-18-10-11-23-13(3)19(18)26(21)4/h5-12H,1-4H3/i3D3. The van der Waals surface area contributed by atoms with Crippen LogP contribution < -0.4 is 0 Å². The monoisotopic (exact) mass is 359 g/mol. The zero-order valence-corrected chi connectivity index (χ0v) is 15.3. The molecule has 1 aromatic carbocycles. The van der Waals surface area contributed by atoms with Crippen molar-refractivity contribution in [1.29, 1.82) is 0 Å². The molecule has 134 valence electrons. The van der Waals surface area contributed by atoms with E-state index in [1.54, 1.807) is 17.7 Å². The number of pyridine rings is 2. The Morgan fingerprint density at radius 3 is 2.78 bits per heavy atom. The molecule has 0 amide bonds. The number of imidazole rings is 1. The van der Waals surface area contributed by atoms with E-state index in [9.17, 15) is 0 Å². The van der Waals surface area contributed by atoms with Crippen molar-refractivity contribution in [2.24, 2.45) is 7.05 Å². The first-order chi connectivity index (χ1) is 14.3. The third-order valence-corrected chi connectivity index (χ3v) is 5.00. The molecule has 0 aliphatic rings. The van der Waals surface area contributed by atoms with Gasteiger partial charge in [0.15, 0.2) is 0 Å². The highest BCUT2D eigenvalue weighted by atomic mass is 16.3. The number of para-hydroxylation sites is 1. The fraction of sp³-hybridized carbons (Fsp3) is 0.227. The van der Waals surface area contributed by atoms with Gasteiger partial charge in [-0.05, 0) is 37.0 Å². The summed E-state index contributed by atoms with van der Waals surface area (Å²) in [4.78, 5) is 13.5. The molecular formula is C22H20N4O. The second kappa shape index (κ2) is 5.64. The Hall–Kier alpha value is -3.21. The van der Waals surface area contributed by atoms with Crippen molar-refractivity contribution < 1.29 is 8.53 Å². The molecule has 0 spiro atoms. The van der Waals surface area contributed by atoms with E-state index in [4.69, 9.17) is 13.5 Å². The van der Waals surface area contributed by atoms with Gasteiger partial charge in [0.25, 0.3) is 0 Å². The lowest BCUT2D eigenvalue weighted by atomic mass is 10.1. The Bertz CT molecular complexity index is 1430. The zero-order chi connectivity index (χ0) is 21.2. The maximum absolute atomic E-state index is 7.83. The first kappa shape index (κ1) is 13.0. The third kappa shape index (κ3) is 2.28. The first-order valence-corrected chi connectivity index (χ1v) is 8.90. The van der Waals surface area contributed by atoms with E-state index in [0.29, 0.717) is 34.1 Å². The van der Waals surface area contributed by atoms with Crippen LogP contribution in [0.15, 0.2) is 47.0 Å². The molecule has 4 aromatic heterocycles. The number of aromatic nitrogens is 4. The predicted molar refractivity (Wildman–Crippen MR) is 108 cm³/mol. The van der Waals surface area contributed by atoms with Crippen molar-refractivity contribution in [3.8, 4) is 11.4 Å². The Kier molecular flexibility index (Phi) is 2.72. The van der Waals surface area contributed by atoms with Crippen molar-refractivity contribution in [2.75, 3.05) is 0 Å². The van der Waals surface area contributed by atoms with Gasteiger partial charge in [-0.15, -0.1) is 0 Å². The van der Waals surface area contributed by atoms with Gasteiger partial charge in [-0.2, -0.15) is 0 Å². The highest BCUT2D eigenvalue weighted by Crippen LogP contribution is 2.36. The molecule has 0 aliphatic heterocycles. The van der Waals surface area contributed by atoms with E-state index < -0.39 is 6.85 Å². The van der Waals surface area contributed by atoms with E-state index in [2.05, 4.69) is 23.8 Å². The largest absolute Gasteiger partial charge is 0.437 e. The summed E-state index contributed by atoms with van der Waals surface area (Å²) < 4.78 is 31.4. The van der Waals surface area contributed by atoms with Crippen molar-refractivity contribution in [3.63, 3.8) is 0 Å². The second-order valence-corrected chi connectivity index (χ2v) is 7.05. The summed E-state index contributed by atoms with van der Waals surface area (Å²) in [7, 11) is 1.80. The third-order valence-electron chi connectivity index (χ3n) is 5.00. The maximum Gasteiger partial charge on any atom is 0.227 e. The fourth-order valence-corrected chi connectivity index (χ4v) is 3.59. The Balaban J connectivity index is 1.80. The summed E-state index contributed by atoms with van der Waals surface area (Å²) >= 11 is 0. The average Bonchev–Trinajstić information content (AvgIpc) is 3.24. The number of furan rings is 1. The van der Waals surface area contributed by atoms with Crippen LogP contribution in [0.1, 0.15) is 35.3 Å². The van der Waals surface area contributed by atoms with Crippen LogP contribution in [-0.4, -0.2) is 19.5 Å². The number of benzene rings is 1. The first-order valence-electron chi connectivity index (χ1n) is 10.4. The highest BCUT2D eigenvalue weighted by molar-refractivity contribution is 6.08. The molecular weight excluding hydrogens is 336 g/mol. The molecule has 5 rings (SSSR count). The number of hydrogen-bond acceptors (Lipinski definition) is 4. The lowest BCUT2D eigenvalue weighted by molar-refractivity contribution is 0.648. The maximum atomic E-state index is 7.83. The van der Waals surface area contributed by atoms with Crippen LogP contribution in [0.4, 0.5) is 0 Å². The van der Waals surface area contributed by atoms with Gasteiger partial charge >= 0.3 is 0 Å². The van der Waals surface area contributed by atoms with Gasteiger partial charge in [0, 0.05) is 33.8 Å². The predicted octanol–water partition coefficient (Wildman–Crippen LogP) is 5.36. The van der Waals surface area contributed by atoms with Gasteiger partial charge in [-0.25, -0.2) is 9.97 Å². The van der Waals surface area contributed by atoms with Crippen molar-refractivity contribution >= 4 is 33.1 Å². The number of nitrogens with zero attached hydrogens (tertiary/aromatic N) is 4. The molecule has 5 aromatic rings. The highest BCUT2D eigenvalue weighted by Gasteiger charge is 2.18. The normalized spacial score (nSPS) is 14.1. The van der Waals surface area contributed by atoms with Crippen LogP contribution in [-0.2, 0) is 7.05 Å². The molecule has 0 N–H and O–H groups in total. The number of aryl methyl sites for hydroxylation is 2. The quantitative estimate of drug-likeness (QED) is 0.426. The molecule has 27 heavy (non-hydrogen) atoms. The summed E-state index contributed by atoms with van der Waals surface area (Å²) in [6.07, 6.45) is 1.49. The van der Waals surface area contributed by atoms with Crippen molar-refractivity contribution in [2.45, 2.75) is 26.6 Å². The molecule has 0 saturated carbocycles. The summed E-state index contributed by atoms with van der Waals surface area (Å²) in [6, 6.07) is 11.7. The van der Waals surface area contributed by atoms with Crippen LogP contribution >= 0.6 is 0 Å². The van der Waals surface area contributed by atoms with E-state index in [1.807, 2.05) is 30.3 Å². The van der Waals surface area contributed by atoms with Gasteiger partial charge in [0.2, 0.25) is 5.71 Å². The van der Waals surface area contributed by atoms with E-state index in [-0.39, 0.29) is 5.69 Å². The Morgan fingerprint density at radius 2 is 1.96 bits per heavy atom. The number of hydrogen-bond donors (Lipinski definition) is 0. The summed E-state index contributed by atoms with van der Waals surface area (Å²) in [5.74, 6) is 0.921. The minimum atomic E-state index is -2.33. The van der Waals surface area contributed by atoms with Gasteiger partial charge in [-0.3, -0.25) is 4.98 Å². The number of fused-ring (bicyclic) bond motifs is 4. The number of rotatable bonds is 2. The summed E-state index contributed by atoms with van der Waals surface area (Å²) in [5, 5.41) is 1.89. The Morgan fingerprint density at radius 1 is 1.07 bits per heavy atom. The minimum Gasteiger partial charge on any atom is -0.437 e. The average molecular weight is 359 g/mol.